The van der Waals surface area contributed by atoms with Gasteiger partial charge in [0, 0.05) is 135 Å². The van der Waals surface area contributed by atoms with Crippen LogP contribution in [0.2, 0.25) is 25.1 Å². The molecule has 0 radical (unpaired) electrons. The molecule has 0 unspecified atom stereocenters. The number of carbonyl (C=O) groups is 5. The van der Waals surface area contributed by atoms with E-state index in [1.54, 1.807) is 130 Å². The molecule has 23 nitrogen and oxygen atoms in total. The maximum Gasteiger partial charge on any atom is 0.257 e. The smallest absolute Gasteiger partial charge is 0.257 e. The van der Waals surface area contributed by atoms with Crippen molar-refractivity contribution in [3.63, 3.8) is 0 Å². The highest BCUT2D eigenvalue weighted by atomic mass is 35.5. The summed E-state index contributed by atoms with van der Waals surface area (Å²) in [6.07, 6.45) is 14.5. The monoisotopic (exact) mass is 1680 g/mol. The minimum atomic E-state index is -0.386. The number of carbonyl (C=O) groups excluding carboxylic acids is 5. The fourth-order valence-corrected chi connectivity index (χ4v) is 13.4. The van der Waals surface area contributed by atoms with Crippen LogP contribution >= 0.6 is 58.0 Å². The van der Waals surface area contributed by atoms with Gasteiger partial charge in [0.25, 0.3) is 29.5 Å². The molecule has 8 aromatic heterocycles. The summed E-state index contributed by atoms with van der Waals surface area (Å²) in [5.74, 6) is 1.62. The van der Waals surface area contributed by atoms with Gasteiger partial charge >= 0.3 is 0 Å². The Labute approximate surface area is 709 Å². The van der Waals surface area contributed by atoms with Crippen LogP contribution in [0.4, 0.5) is 40.2 Å². The average molecular weight is 1680 g/mol. The Balaban J connectivity index is 0.000000155. The number of aromatic nitrogens is 9. The van der Waals surface area contributed by atoms with Crippen LogP contribution in [-0.2, 0) is 6.54 Å². The predicted octanol–water partition coefficient (Wildman–Crippen LogP) is 19.8. The second kappa shape index (κ2) is 41.9. The highest BCUT2D eigenvalue weighted by molar-refractivity contribution is 6.36. The molecule has 0 atom stereocenters. The third kappa shape index (κ3) is 24.1. The van der Waals surface area contributed by atoms with Crippen molar-refractivity contribution >= 4 is 128 Å². The lowest BCUT2D eigenvalue weighted by Crippen LogP contribution is -2.36. The van der Waals surface area contributed by atoms with E-state index < -0.39 is 0 Å². The van der Waals surface area contributed by atoms with Crippen molar-refractivity contribution in [2.24, 2.45) is 5.92 Å². The zero-order valence-corrected chi connectivity index (χ0v) is 69.5. The minimum Gasteiger partial charge on any atom is -0.393 e. The van der Waals surface area contributed by atoms with Crippen molar-refractivity contribution < 1.29 is 29.1 Å². The number of imidazole rings is 1. The molecule has 14 rings (SSSR count). The molecule has 9 heterocycles. The Kier molecular flexibility index (Phi) is 30.7. The SMILES string of the molecule is CN(C)C(=O)c1ccc(C(=O)Nc2ccc(Cl)c(-c3ccccn3)c2)c(Cl)c1.Cc1nc(N2CCC(O)CC2)ccc1C(=O)Nc1ccc(Cl)c(-c2ccccn2)c1.Cc1nc(NCC(C)C)ccc1C(=O)Nc1ccc(Cl)c(-c2ccccn2)c1.Cc1nc(NCCCn2ccnc2)ccc1C(=O)Nc1ccc(Cl)c(-c2ccccn2)c1. The number of aliphatic hydroxyl groups excluding tert-OH is 1. The number of hydrogen-bond donors (Lipinski definition) is 7. The number of amides is 5. The molecule has 0 spiro atoms. The standard InChI is InChI=1S/C24H23ClN6O.C23H23ClN4O2.C22H23ClN4O.C21H17Cl2N3O2/c1-17-19(7-9-23(29-17)28-11-4-13-31-14-12-26-16-31)24(32)30-18-6-8-21(25)20(15-18)22-5-2-3-10-27-22;1-15-18(6-8-22(26-15)28-12-9-17(29)10-13-28)23(30)27-16-5-7-20(24)19(14-16)21-4-2-3-11-25-21;1-14(2)13-25-21-10-8-17(15(3)26-21)22(28)27-16-7-9-19(23)18(12-16)20-6-4-5-11-24-20;1-26(2)21(28)13-6-8-15(18(23)11-13)20(27)25-14-7-9-17(22)16(12-14)19-5-3-4-10-24-19/h2-3,5-10,12,14-16H,4,11,13H2,1H3,(H,28,29)(H,30,32);2-8,11,14,17,29H,9-10,12-13H2,1H3,(H,27,30);4-12,14H,13H2,1-3H3,(H,25,26)(H,27,28);3-12H,1-2H3,(H,25,27). The van der Waals surface area contributed by atoms with Crippen molar-refractivity contribution in [3.8, 4) is 45.0 Å². The van der Waals surface area contributed by atoms with Crippen LogP contribution < -0.4 is 36.8 Å². The molecule has 13 aromatic rings. The second-order valence-electron chi connectivity index (χ2n) is 27.9. The summed E-state index contributed by atoms with van der Waals surface area (Å²) in [5, 5.41) is 30.3. The number of anilines is 7. The molecule has 1 aliphatic rings. The van der Waals surface area contributed by atoms with E-state index in [0.717, 1.165) is 103 Å². The van der Waals surface area contributed by atoms with Crippen LogP contribution in [0.15, 0.2) is 244 Å². The molecule has 1 fully saturated rings. The third-order valence-electron chi connectivity index (χ3n) is 18.4. The third-order valence-corrected chi connectivity index (χ3v) is 20.1. The van der Waals surface area contributed by atoms with Crippen LogP contribution in [0.5, 0.6) is 0 Å². The molecule has 1 saturated heterocycles. The Hall–Kier alpha value is -12.5. The lowest BCUT2D eigenvalue weighted by atomic mass is 10.1. The van der Waals surface area contributed by atoms with Gasteiger partial charge in [-0.15, -0.1) is 0 Å². The number of aliphatic hydroxyl groups is 1. The van der Waals surface area contributed by atoms with E-state index in [0.29, 0.717) is 99.4 Å². The second-order valence-corrected chi connectivity index (χ2v) is 29.9. The van der Waals surface area contributed by atoms with Gasteiger partial charge in [0.2, 0.25) is 0 Å². The van der Waals surface area contributed by atoms with E-state index in [1.165, 1.54) is 17.0 Å². The van der Waals surface area contributed by atoms with E-state index >= 15 is 0 Å². The molecule has 0 saturated carbocycles. The van der Waals surface area contributed by atoms with Crippen LogP contribution in [0.3, 0.4) is 0 Å². The van der Waals surface area contributed by atoms with Crippen molar-refractivity contribution in [1.29, 1.82) is 0 Å². The average Bonchev–Trinajstić information content (AvgIpc) is 0.871. The zero-order valence-electron chi connectivity index (χ0n) is 65.7. The first kappa shape index (κ1) is 86.4. The van der Waals surface area contributed by atoms with Gasteiger partial charge in [-0.1, -0.05) is 96.1 Å². The van der Waals surface area contributed by atoms with Gasteiger partial charge in [0.15, 0.2) is 0 Å². The van der Waals surface area contributed by atoms with E-state index in [-0.39, 0.29) is 46.2 Å². The summed E-state index contributed by atoms with van der Waals surface area (Å²) in [7, 11) is 3.30. The minimum absolute atomic E-state index is 0.188. The Morgan fingerprint density at radius 2 is 0.847 bits per heavy atom. The molecule has 0 aliphatic carbocycles. The number of hydrogen-bond acceptors (Lipinski definition) is 17. The molecular weight excluding hydrogens is 1590 g/mol. The van der Waals surface area contributed by atoms with Crippen molar-refractivity contribution in [2.75, 3.05) is 77.1 Å². The molecule has 5 aromatic carbocycles. The van der Waals surface area contributed by atoms with E-state index in [2.05, 4.69) is 90.5 Å². The van der Waals surface area contributed by atoms with Gasteiger partial charge in [0.1, 0.15) is 17.5 Å². The maximum absolute atomic E-state index is 12.9. The molecule has 1 aliphatic heterocycles. The van der Waals surface area contributed by atoms with E-state index in [9.17, 15) is 29.1 Å². The normalized spacial score (nSPS) is 11.6. The lowest BCUT2D eigenvalue weighted by Gasteiger charge is -2.30. The summed E-state index contributed by atoms with van der Waals surface area (Å²) in [5.41, 5.74) is 12.7. The highest BCUT2D eigenvalue weighted by Gasteiger charge is 2.23. The maximum atomic E-state index is 12.9. The van der Waals surface area contributed by atoms with E-state index in [1.807, 2.05) is 141 Å². The van der Waals surface area contributed by atoms with Crippen LogP contribution in [0, 0.1) is 26.7 Å². The van der Waals surface area contributed by atoms with Gasteiger partial charge in [-0.2, -0.15) is 0 Å². The number of pyridine rings is 7. The van der Waals surface area contributed by atoms with E-state index in [4.69, 9.17) is 58.0 Å². The Morgan fingerprint density at radius 1 is 0.458 bits per heavy atom. The zero-order chi connectivity index (χ0) is 83.8. The molecule has 0 bridgehead atoms. The fraction of sp³-hybridized carbons (Fsp3) is 0.189. The van der Waals surface area contributed by atoms with Gasteiger partial charge in [-0.3, -0.25) is 43.9 Å². The number of halogens is 5. The van der Waals surface area contributed by atoms with Gasteiger partial charge in [-0.05, 0) is 222 Å². The van der Waals surface area contributed by atoms with Gasteiger partial charge < -0.3 is 51.4 Å². The van der Waals surface area contributed by atoms with Crippen LogP contribution in [-0.4, -0.2) is 130 Å². The molecule has 118 heavy (non-hydrogen) atoms. The number of aryl methyl sites for hydroxylation is 4. The summed E-state index contributed by atoms with van der Waals surface area (Å²) in [6, 6.07) is 59.0. The summed E-state index contributed by atoms with van der Waals surface area (Å²) in [4.78, 5) is 102. The summed E-state index contributed by atoms with van der Waals surface area (Å²) < 4.78 is 2.03. The van der Waals surface area contributed by atoms with Crippen LogP contribution in [0.1, 0.15) is 102 Å². The lowest BCUT2D eigenvalue weighted by molar-refractivity contribution is 0.0826. The molecule has 5 amide bonds. The van der Waals surface area contributed by atoms with Gasteiger partial charge in [0.05, 0.1) is 99.7 Å². The number of nitrogens with one attached hydrogen (secondary N) is 6. The Morgan fingerprint density at radius 3 is 1.20 bits per heavy atom. The van der Waals surface area contributed by atoms with Crippen molar-refractivity contribution in [1.82, 2.24) is 49.3 Å². The molecule has 28 heteroatoms. The fourth-order valence-electron chi connectivity index (χ4n) is 12.2. The summed E-state index contributed by atoms with van der Waals surface area (Å²) in [6.45, 7) is 13.8. The first-order valence-corrected chi connectivity index (χ1v) is 39.7. The van der Waals surface area contributed by atoms with Crippen molar-refractivity contribution in [2.45, 2.75) is 66.5 Å². The largest absolute Gasteiger partial charge is 0.393 e. The quantitative estimate of drug-likeness (QED) is 0.0310. The highest BCUT2D eigenvalue weighted by Crippen LogP contribution is 2.35. The first-order chi connectivity index (χ1) is 56.9. The predicted molar refractivity (Wildman–Crippen MR) is 473 cm³/mol. The number of rotatable bonds is 22. The molecular formula is C90H86Cl5N17O6. The Bertz CT molecular complexity index is 5640. The number of benzene rings is 5. The molecule has 602 valence electrons. The number of nitrogens with zero attached hydrogens (tertiary/aromatic N) is 11. The number of piperidine rings is 1. The molecule has 7 N–H and O–H groups in total. The topological polar surface area (TPSA) is 292 Å². The van der Waals surface area contributed by atoms with Crippen LogP contribution in [0.25, 0.3) is 45.0 Å². The summed E-state index contributed by atoms with van der Waals surface area (Å²) >= 11 is 31.5. The first-order valence-electron chi connectivity index (χ1n) is 37.8. The van der Waals surface area contributed by atoms with Gasteiger partial charge in [-0.25, -0.2) is 19.9 Å². The van der Waals surface area contributed by atoms with Crippen molar-refractivity contribution in [3.05, 3.63) is 314 Å².